The van der Waals surface area contributed by atoms with Gasteiger partial charge in [-0.15, -0.1) is 0 Å². The molecule has 0 unspecified atom stereocenters. The molecule has 53 heavy (non-hydrogen) atoms. The zero-order valence-electron chi connectivity index (χ0n) is 31.9. The van der Waals surface area contributed by atoms with Crippen LogP contribution >= 0.6 is 0 Å². The first-order valence-corrected chi connectivity index (χ1v) is 19.7. The molecule has 0 amide bonds. The van der Waals surface area contributed by atoms with Crippen molar-refractivity contribution in [2.45, 2.75) is 109 Å². The molecule has 4 heterocycles. The highest BCUT2D eigenvalue weighted by Crippen LogP contribution is 2.56. The van der Waals surface area contributed by atoms with Gasteiger partial charge in [-0.25, -0.2) is 9.98 Å². The quantitative estimate of drug-likeness (QED) is 0.213. The number of ether oxygens (including phenoxy) is 4. The standard InChI is InChI=1S/C47H50N2O4/c1-27-15-35(43-48-39(23-50-43)33-19-29-11-7-8-12-30(29)20-33)41-37(17-27)45(3,4)25-47(52-41)26-46(5,6)38-18-28(2)16-36(42(38)53-47)44-49-40(24-51-44)34-21-31-13-9-10-14-32(31)22-34/h7-18,33-34,39-40H,19-26H2,1-6H3/t39-,40-,47?/m1/s1. The summed E-state index contributed by atoms with van der Waals surface area (Å²) in [6.07, 6.45) is 5.61. The second-order valence-electron chi connectivity index (χ2n) is 18.1. The van der Waals surface area contributed by atoms with Crippen LogP contribution in [0.2, 0.25) is 0 Å². The van der Waals surface area contributed by atoms with Gasteiger partial charge < -0.3 is 18.9 Å². The number of fused-ring (bicyclic) bond motifs is 4. The van der Waals surface area contributed by atoms with Gasteiger partial charge >= 0.3 is 0 Å². The molecular weight excluding hydrogens is 657 g/mol. The average Bonchev–Trinajstić information content (AvgIpc) is 3.93. The number of nitrogens with zero attached hydrogens (tertiary/aromatic N) is 2. The Morgan fingerprint density at radius 2 is 0.925 bits per heavy atom. The van der Waals surface area contributed by atoms with Gasteiger partial charge in [-0.3, -0.25) is 0 Å². The number of rotatable bonds is 4. The summed E-state index contributed by atoms with van der Waals surface area (Å²) in [7, 11) is 0. The highest BCUT2D eigenvalue weighted by Gasteiger charge is 2.55. The molecule has 0 saturated heterocycles. The van der Waals surface area contributed by atoms with Crippen molar-refractivity contribution in [3.8, 4) is 11.5 Å². The highest BCUT2D eigenvalue weighted by molar-refractivity contribution is 5.99. The average molecular weight is 707 g/mol. The molecular formula is C47H50N2O4. The van der Waals surface area contributed by atoms with Crippen LogP contribution in [-0.2, 0) is 46.0 Å². The third kappa shape index (κ3) is 5.50. The predicted octanol–water partition coefficient (Wildman–Crippen LogP) is 8.94. The largest absolute Gasteiger partial charge is 0.475 e. The molecule has 2 atom stereocenters. The second kappa shape index (κ2) is 11.7. The molecule has 6 nitrogen and oxygen atoms in total. The first-order chi connectivity index (χ1) is 25.4. The summed E-state index contributed by atoms with van der Waals surface area (Å²) in [5.41, 5.74) is 11.9. The van der Waals surface area contributed by atoms with Crippen molar-refractivity contribution >= 4 is 11.8 Å². The summed E-state index contributed by atoms with van der Waals surface area (Å²) in [6, 6.07) is 26.8. The van der Waals surface area contributed by atoms with Crippen molar-refractivity contribution in [1.82, 2.24) is 0 Å². The van der Waals surface area contributed by atoms with E-state index in [0.29, 0.717) is 49.7 Å². The Morgan fingerprint density at radius 1 is 0.547 bits per heavy atom. The molecule has 0 bridgehead atoms. The van der Waals surface area contributed by atoms with Crippen LogP contribution in [0, 0.1) is 25.7 Å². The van der Waals surface area contributed by atoms with Gasteiger partial charge in [0.25, 0.3) is 5.79 Å². The zero-order valence-corrected chi connectivity index (χ0v) is 31.9. The molecule has 4 aliphatic heterocycles. The van der Waals surface area contributed by atoms with E-state index in [1.807, 2.05) is 0 Å². The number of benzene rings is 4. The molecule has 4 aromatic carbocycles. The van der Waals surface area contributed by atoms with Crippen molar-refractivity contribution in [3.05, 3.63) is 128 Å². The third-order valence-corrected chi connectivity index (χ3v) is 13.0. The molecule has 0 radical (unpaired) electrons. The van der Waals surface area contributed by atoms with Gasteiger partial charge in [0.05, 0.1) is 23.2 Å². The number of aliphatic imine (C=N–C) groups is 2. The number of hydrogen-bond acceptors (Lipinski definition) is 6. The van der Waals surface area contributed by atoms with Crippen LogP contribution in [-0.4, -0.2) is 42.9 Å². The fourth-order valence-corrected chi connectivity index (χ4v) is 10.5. The predicted molar refractivity (Wildman–Crippen MR) is 209 cm³/mol. The van der Waals surface area contributed by atoms with Gasteiger partial charge in [-0.05, 0) is 96.9 Å². The van der Waals surface area contributed by atoms with E-state index < -0.39 is 5.79 Å². The minimum absolute atomic E-state index is 0.121. The molecule has 0 saturated carbocycles. The fraction of sp³-hybridized carbons (Fsp3) is 0.447. The molecule has 2 aliphatic carbocycles. The minimum Gasteiger partial charge on any atom is -0.475 e. The van der Waals surface area contributed by atoms with Crippen molar-refractivity contribution in [2.24, 2.45) is 21.8 Å². The Bertz CT molecular complexity index is 2020. The first kappa shape index (κ1) is 33.0. The van der Waals surface area contributed by atoms with Crippen LogP contribution in [0.25, 0.3) is 0 Å². The number of aryl methyl sites for hydroxylation is 2. The molecule has 6 aliphatic rings. The van der Waals surface area contributed by atoms with Crippen LogP contribution in [0.4, 0.5) is 0 Å². The van der Waals surface area contributed by atoms with E-state index in [0.717, 1.165) is 48.3 Å². The van der Waals surface area contributed by atoms with E-state index in [2.05, 4.69) is 114 Å². The van der Waals surface area contributed by atoms with Crippen molar-refractivity contribution in [2.75, 3.05) is 13.2 Å². The van der Waals surface area contributed by atoms with Gasteiger partial charge in [-0.2, -0.15) is 0 Å². The summed E-state index contributed by atoms with van der Waals surface area (Å²) in [5.74, 6) is 3.05. The van der Waals surface area contributed by atoms with E-state index in [4.69, 9.17) is 28.9 Å². The molecule has 0 fully saturated rings. The monoisotopic (exact) mass is 706 g/mol. The second-order valence-corrected chi connectivity index (χ2v) is 18.1. The van der Waals surface area contributed by atoms with E-state index in [1.54, 1.807) is 0 Å². The van der Waals surface area contributed by atoms with E-state index in [-0.39, 0.29) is 22.9 Å². The maximum atomic E-state index is 7.32. The first-order valence-electron chi connectivity index (χ1n) is 19.7. The Morgan fingerprint density at radius 3 is 1.30 bits per heavy atom. The Labute approximate surface area is 313 Å². The van der Waals surface area contributed by atoms with E-state index in [1.165, 1.54) is 44.5 Å². The van der Waals surface area contributed by atoms with Crippen LogP contribution < -0.4 is 9.47 Å². The summed E-state index contributed by atoms with van der Waals surface area (Å²) >= 11 is 0. The van der Waals surface area contributed by atoms with Crippen LogP contribution in [0.15, 0.2) is 82.8 Å². The molecule has 4 aromatic rings. The van der Waals surface area contributed by atoms with Gasteiger partial charge in [0.2, 0.25) is 11.8 Å². The molecule has 272 valence electrons. The lowest BCUT2D eigenvalue weighted by Crippen LogP contribution is -2.56. The molecule has 0 N–H and O–H groups in total. The van der Waals surface area contributed by atoms with Crippen molar-refractivity contribution in [1.29, 1.82) is 0 Å². The summed E-state index contributed by atoms with van der Waals surface area (Å²) < 4.78 is 27.6. The van der Waals surface area contributed by atoms with E-state index in [9.17, 15) is 0 Å². The zero-order chi connectivity index (χ0) is 36.3. The molecule has 10 rings (SSSR count). The van der Waals surface area contributed by atoms with Gasteiger partial charge in [0.15, 0.2) is 0 Å². The number of hydrogen-bond donors (Lipinski definition) is 0. The molecule has 6 heteroatoms. The van der Waals surface area contributed by atoms with E-state index >= 15 is 0 Å². The van der Waals surface area contributed by atoms with Gasteiger partial charge in [0, 0.05) is 34.8 Å². The lowest BCUT2D eigenvalue weighted by molar-refractivity contribution is -0.166. The van der Waals surface area contributed by atoms with Crippen LogP contribution in [0.3, 0.4) is 0 Å². The molecule has 1 spiro atoms. The lowest BCUT2D eigenvalue weighted by atomic mass is 9.68. The topological polar surface area (TPSA) is 61.6 Å². The van der Waals surface area contributed by atoms with Crippen LogP contribution in [0.5, 0.6) is 11.5 Å². The van der Waals surface area contributed by atoms with Crippen molar-refractivity contribution in [3.63, 3.8) is 0 Å². The SMILES string of the molecule is Cc1cc(C2=N[C@@H](C3Cc4ccccc4C3)CO2)c2c(c1)C(C)(C)CC1(CC(C)(C)c3cc(C)cc(C4=N[C@@H](C5Cc6ccccc6C5)CO4)c3O1)O2. The highest BCUT2D eigenvalue weighted by atomic mass is 16.7. The third-order valence-electron chi connectivity index (χ3n) is 13.0. The Balaban J connectivity index is 0.999. The fourth-order valence-electron chi connectivity index (χ4n) is 10.5. The van der Waals surface area contributed by atoms with Crippen molar-refractivity contribution < 1.29 is 18.9 Å². The molecule has 0 aromatic heterocycles. The van der Waals surface area contributed by atoms with Gasteiger partial charge in [0.1, 0.15) is 24.7 Å². The smallest absolute Gasteiger partial charge is 0.253 e. The summed E-state index contributed by atoms with van der Waals surface area (Å²) in [4.78, 5) is 10.6. The minimum atomic E-state index is -0.904. The van der Waals surface area contributed by atoms with Gasteiger partial charge in [-0.1, -0.05) is 88.4 Å². The lowest BCUT2D eigenvalue weighted by Gasteiger charge is -2.52. The Hall–Kier alpha value is -4.58. The summed E-state index contributed by atoms with van der Waals surface area (Å²) in [5, 5.41) is 0. The summed E-state index contributed by atoms with van der Waals surface area (Å²) in [6.45, 7) is 14.8. The maximum Gasteiger partial charge on any atom is 0.253 e. The van der Waals surface area contributed by atoms with Crippen LogP contribution in [0.1, 0.15) is 96.2 Å². The Kier molecular flexibility index (Phi) is 7.30. The maximum absolute atomic E-state index is 7.32. The normalized spacial score (nSPS) is 24.6.